The Morgan fingerprint density at radius 2 is 2.07 bits per heavy atom. The third-order valence-corrected chi connectivity index (χ3v) is 2.23. The summed E-state index contributed by atoms with van der Waals surface area (Å²) in [7, 11) is 0. The molecule has 0 atom stereocenters. The van der Waals surface area contributed by atoms with Crippen molar-refractivity contribution in [3.05, 3.63) is 47.8 Å². The minimum absolute atomic E-state index is 0.00827. The Labute approximate surface area is 82.6 Å². The van der Waals surface area contributed by atoms with Gasteiger partial charge in [-0.1, -0.05) is 18.2 Å². The first-order chi connectivity index (χ1) is 6.83. The molecule has 0 saturated heterocycles. The molecule has 0 spiro atoms. The molecule has 1 aromatic heterocycles. The van der Waals surface area contributed by atoms with Crippen molar-refractivity contribution >= 4 is 0 Å². The van der Waals surface area contributed by atoms with E-state index in [-0.39, 0.29) is 6.61 Å². The molecule has 0 bridgehead atoms. The standard InChI is InChI=1S/C11H12N2O/c1-9-4-2-3-5-11(9)13-10(8-14)6-7-12-13/h2-7,14H,8H2,1H3. The number of para-hydroxylation sites is 1. The Bertz CT molecular complexity index is 434. The number of aliphatic hydroxyl groups excluding tert-OH is 1. The maximum absolute atomic E-state index is 9.10. The van der Waals surface area contributed by atoms with Gasteiger partial charge in [-0.15, -0.1) is 0 Å². The highest BCUT2D eigenvalue weighted by molar-refractivity contribution is 5.40. The van der Waals surface area contributed by atoms with Crippen LogP contribution in [0.5, 0.6) is 0 Å². The van der Waals surface area contributed by atoms with E-state index in [9.17, 15) is 0 Å². The summed E-state index contributed by atoms with van der Waals surface area (Å²) in [5, 5.41) is 13.3. The molecule has 0 aliphatic carbocycles. The van der Waals surface area contributed by atoms with Crippen LogP contribution in [-0.4, -0.2) is 14.9 Å². The van der Waals surface area contributed by atoms with Crippen molar-refractivity contribution in [2.75, 3.05) is 0 Å². The number of rotatable bonds is 2. The Morgan fingerprint density at radius 1 is 1.29 bits per heavy atom. The lowest BCUT2D eigenvalue weighted by molar-refractivity contribution is 0.273. The summed E-state index contributed by atoms with van der Waals surface area (Å²) in [4.78, 5) is 0. The number of aromatic nitrogens is 2. The van der Waals surface area contributed by atoms with E-state index in [0.717, 1.165) is 16.9 Å². The fourth-order valence-electron chi connectivity index (χ4n) is 1.47. The monoisotopic (exact) mass is 188 g/mol. The van der Waals surface area contributed by atoms with Gasteiger partial charge in [-0.05, 0) is 24.6 Å². The molecule has 1 heterocycles. The van der Waals surface area contributed by atoms with Crippen molar-refractivity contribution < 1.29 is 5.11 Å². The van der Waals surface area contributed by atoms with Gasteiger partial charge in [-0.2, -0.15) is 5.10 Å². The molecule has 1 aromatic carbocycles. The van der Waals surface area contributed by atoms with Gasteiger partial charge < -0.3 is 5.11 Å². The van der Waals surface area contributed by atoms with E-state index in [1.54, 1.807) is 10.9 Å². The predicted molar refractivity (Wildman–Crippen MR) is 54.2 cm³/mol. The topological polar surface area (TPSA) is 38.0 Å². The lowest BCUT2D eigenvalue weighted by atomic mass is 10.2. The normalized spacial score (nSPS) is 10.4. The van der Waals surface area contributed by atoms with Crippen molar-refractivity contribution in [2.45, 2.75) is 13.5 Å². The highest BCUT2D eigenvalue weighted by Crippen LogP contribution is 2.14. The van der Waals surface area contributed by atoms with Crippen LogP contribution in [0.1, 0.15) is 11.3 Å². The first-order valence-electron chi connectivity index (χ1n) is 4.52. The molecule has 3 nitrogen and oxygen atoms in total. The van der Waals surface area contributed by atoms with E-state index in [4.69, 9.17) is 5.11 Å². The molecule has 0 saturated carbocycles. The molecule has 3 heteroatoms. The summed E-state index contributed by atoms with van der Waals surface area (Å²) in [5.74, 6) is 0. The van der Waals surface area contributed by atoms with E-state index < -0.39 is 0 Å². The molecule has 0 unspecified atom stereocenters. The molecule has 72 valence electrons. The van der Waals surface area contributed by atoms with Gasteiger partial charge in [0.05, 0.1) is 18.0 Å². The van der Waals surface area contributed by atoms with Gasteiger partial charge in [-0.25, -0.2) is 4.68 Å². The molecule has 0 aliphatic rings. The smallest absolute Gasteiger partial charge is 0.0854 e. The number of nitrogens with zero attached hydrogens (tertiary/aromatic N) is 2. The summed E-state index contributed by atoms with van der Waals surface area (Å²) in [6.45, 7) is 2.03. The summed E-state index contributed by atoms with van der Waals surface area (Å²) in [5.41, 5.74) is 2.96. The van der Waals surface area contributed by atoms with Gasteiger partial charge in [-0.3, -0.25) is 0 Å². The number of hydrogen-bond acceptors (Lipinski definition) is 2. The minimum atomic E-state index is 0.00827. The van der Waals surface area contributed by atoms with Crippen LogP contribution in [0.4, 0.5) is 0 Å². The fourth-order valence-corrected chi connectivity index (χ4v) is 1.47. The number of hydrogen-bond donors (Lipinski definition) is 1. The molecule has 0 amide bonds. The number of aryl methyl sites for hydroxylation is 1. The van der Waals surface area contributed by atoms with Crippen LogP contribution in [0.15, 0.2) is 36.5 Å². The Morgan fingerprint density at radius 3 is 2.79 bits per heavy atom. The molecule has 2 rings (SSSR count). The molecular formula is C11H12N2O. The van der Waals surface area contributed by atoms with E-state index in [2.05, 4.69) is 5.10 Å². The van der Waals surface area contributed by atoms with Gasteiger partial charge >= 0.3 is 0 Å². The second-order valence-corrected chi connectivity index (χ2v) is 3.18. The molecule has 0 radical (unpaired) electrons. The zero-order valence-electron chi connectivity index (χ0n) is 8.01. The molecule has 0 fully saturated rings. The van der Waals surface area contributed by atoms with Crippen LogP contribution in [-0.2, 0) is 6.61 Å². The van der Waals surface area contributed by atoms with Crippen molar-refractivity contribution in [1.29, 1.82) is 0 Å². The van der Waals surface area contributed by atoms with Gasteiger partial charge in [0.15, 0.2) is 0 Å². The highest BCUT2D eigenvalue weighted by Gasteiger charge is 2.04. The van der Waals surface area contributed by atoms with Gasteiger partial charge in [0.1, 0.15) is 0 Å². The zero-order chi connectivity index (χ0) is 9.97. The Balaban J connectivity index is 2.54. The molecule has 1 N–H and O–H groups in total. The highest BCUT2D eigenvalue weighted by atomic mass is 16.3. The Hall–Kier alpha value is -1.61. The maximum atomic E-state index is 9.10. The van der Waals surface area contributed by atoms with Crippen molar-refractivity contribution in [3.8, 4) is 5.69 Å². The number of benzene rings is 1. The predicted octanol–water partition coefficient (Wildman–Crippen LogP) is 1.67. The van der Waals surface area contributed by atoms with E-state index >= 15 is 0 Å². The van der Waals surface area contributed by atoms with Gasteiger partial charge in [0.2, 0.25) is 0 Å². The third kappa shape index (κ3) is 1.42. The van der Waals surface area contributed by atoms with Crippen molar-refractivity contribution in [2.24, 2.45) is 0 Å². The van der Waals surface area contributed by atoms with Crippen LogP contribution >= 0.6 is 0 Å². The summed E-state index contributed by atoms with van der Waals surface area (Å²) < 4.78 is 1.76. The zero-order valence-corrected chi connectivity index (χ0v) is 8.01. The quantitative estimate of drug-likeness (QED) is 0.778. The van der Waals surface area contributed by atoms with Crippen molar-refractivity contribution in [1.82, 2.24) is 9.78 Å². The maximum Gasteiger partial charge on any atom is 0.0854 e. The fraction of sp³-hybridized carbons (Fsp3) is 0.182. The second kappa shape index (κ2) is 3.64. The lowest BCUT2D eigenvalue weighted by Gasteiger charge is -2.07. The average molecular weight is 188 g/mol. The van der Waals surface area contributed by atoms with Gasteiger partial charge in [0, 0.05) is 6.20 Å². The van der Waals surface area contributed by atoms with Crippen LogP contribution in [0.3, 0.4) is 0 Å². The minimum Gasteiger partial charge on any atom is -0.390 e. The van der Waals surface area contributed by atoms with Crippen LogP contribution in [0, 0.1) is 6.92 Å². The van der Waals surface area contributed by atoms with Gasteiger partial charge in [0.25, 0.3) is 0 Å². The van der Waals surface area contributed by atoms with Crippen LogP contribution in [0.25, 0.3) is 5.69 Å². The molecule has 14 heavy (non-hydrogen) atoms. The van der Waals surface area contributed by atoms with E-state index in [1.165, 1.54) is 0 Å². The summed E-state index contributed by atoms with van der Waals surface area (Å²) >= 11 is 0. The van der Waals surface area contributed by atoms with Crippen LogP contribution in [0.2, 0.25) is 0 Å². The largest absolute Gasteiger partial charge is 0.390 e. The second-order valence-electron chi connectivity index (χ2n) is 3.18. The first-order valence-corrected chi connectivity index (χ1v) is 4.52. The van der Waals surface area contributed by atoms with Crippen LogP contribution < -0.4 is 0 Å². The summed E-state index contributed by atoms with van der Waals surface area (Å²) in [6, 6.07) is 9.78. The average Bonchev–Trinajstić information content (AvgIpc) is 2.66. The lowest BCUT2D eigenvalue weighted by Crippen LogP contribution is -2.03. The number of aliphatic hydroxyl groups is 1. The molecule has 2 aromatic rings. The molecular weight excluding hydrogens is 176 g/mol. The van der Waals surface area contributed by atoms with Crippen molar-refractivity contribution in [3.63, 3.8) is 0 Å². The Kier molecular flexibility index (Phi) is 2.33. The summed E-state index contributed by atoms with van der Waals surface area (Å²) in [6.07, 6.45) is 1.69. The van der Waals surface area contributed by atoms with E-state index in [1.807, 2.05) is 37.3 Å². The first kappa shape index (κ1) is 8.97. The SMILES string of the molecule is Cc1ccccc1-n1nccc1CO. The molecule has 0 aliphatic heterocycles. The third-order valence-electron chi connectivity index (χ3n) is 2.23. The van der Waals surface area contributed by atoms with E-state index in [0.29, 0.717) is 0 Å².